The Labute approximate surface area is 719 Å². The van der Waals surface area contributed by atoms with E-state index in [0.29, 0.717) is 130 Å². The second-order valence-corrected chi connectivity index (χ2v) is 32.7. The van der Waals surface area contributed by atoms with Crippen molar-refractivity contribution in [3.63, 3.8) is 0 Å². The number of morpholine rings is 4. The van der Waals surface area contributed by atoms with Crippen molar-refractivity contribution in [1.29, 1.82) is 0 Å². The summed E-state index contributed by atoms with van der Waals surface area (Å²) in [6, 6.07) is 38.9. The van der Waals surface area contributed by atoms with Crippen LogP contribution in [0.4, 0.5) is 57.7 Å². The summed E-state index contributed by atoms with van der Waals surface area (Å²) in [5.41, 5.74) is 15.4. The summed E-state index contributed by atoms with van der Waals surface area (Å²) >= 11 is 12.3. The summed E-state index contributed by atoms with van der Waals surface area (Å²) in [5.74, 6) is 7.20. The third-order valence-corrected chi connectivity index (χ3v) is 23.8. The number of nitro benzene ring substituents is 3. The van der Waals surface area contributed by atoms with Crippen LogP contribution < -0.4 is 47.4 Å². The van der Waals surface area contributed by atoms with Gasteiger partial charge >= 0.3 is 0 Å². The van der Waals surface area contributed by atoms with E-state index in [1.165, 1.54) is 49.2 Å². The predicted octanol–water partition coefficient (Wildman–Crippen LogP) is 13.4. The summed E-state index contributed by atoms with van der Waals surface area (Å²) in [4.78, 5) is 75.2. The average Bonchev–Trinajstić information content (AvgIpc) is 1.61. The molecule has 0 amide bonds. The highest BCUT2D eigenvalue weighted by Gasteiger charge is 2.42. The number of nitro groups is 3. The van der Waals surface area contributed by atoms with Crippen LogP contribution in [-0.4, -0.2) is 233 Å². The quantitative estimate of drug-likeness (QED) is 0.0226. The summed E-state index contributed by atoms with van der Waals surface area (Å²) in [5, 5.41) is 47.1. The van der Waals surface area contributed by atoms with Gasteiger partial charge in [-0.3, -0.25) is 30.3 Å². The third kappa shape index (κ3) is 23.9. The first kappa shape index (κ1) is 88.5. The fourth-order valence-electron chi connectivity index (χ4n) is 17.1. The van der Waals surface area contributed by atoms with Crippen LogP contribution in [0, 0.1) is 30.3 Å². The lowest BCUT2D eigenvalue weighted by Crippen LogP contribution is -2.46. The number of non-ortho nitro benzene ring substituents is 3. The molecule has 8 aromatic rings. The zero-order valence-electron chi connectivity index (χ0n) is 69.0. The number of halogens is 2. The first-order chi connectivity index (χ1) is 59.5. The molecular weight excluding hydrogens is 1610 g/mol. The maximum absolute atomic E-state index is 11.0. The van der Waals surface area contributed by atoms with E-state index in [0.717, 1.165) is 234 Å². The number of nitrogens with two attached hydrogens (primary N) is 2. The van der Waals surface area contributed by atoms with Crippen LogP contribution in [0.15, 0.2) is 121 Å². The molecule has 8 unspecified atom stereocenters. The van der Waals surface area contributed by atoms with Crippen LogP contribution in [0.1, 0.15) is 117 Å². The second-order valence-electron chi connectivity index (χ2n) is 31.9. The Morgan fingerprint density at radius 1 is 0.352 bits per heavy atom. The van der Waals surface area contributed by atoms with Gasteiger partial charge in [-0.25, -0.2) is 39.9 Å². The number of aromatic nitrogens is 8. The third-order valence-electron chi connectivity index (χ3n) is 23.5. The molecular formula is C86H110Cl2N20O14. The van der Waals surface area contributed by atoms with E-state index >= 15 is 0 Å². The maximum Gasteiger partial charge on any atom is 0.269 e. The van der Waals surface area contributed by atoms with Crippen molar-refractivity contribution in [2.75, 3.05) is 142 Å². The van der Waals surface area contributed by atoms with E-state index < -0.39 is 14.8 Å². The number of ether oxygens (including phenoxy) is 8. The molecule has 8 atom stereocenters. The fourth-order valence-corrected chi connectivity index (χ4v) is 17.4. The van der Waals surface area contributed by atoms with Crippen molar-refractivity contribution in [1.82, 2.24) is 45.2 Å². The number of fused-ring (bicyclic) bond motifs is 8. The van der Waals surface area contributed by atoms with Gasteiger partial charge in [0, 0.05) is 178 Å². The minimum absolute atomic E-state index is 0.0244. The van der Waals surface area contributed by atoms with Gasteiger partial charge in [-0.1, -0.05) is 37.0 Å². The van der Waals surface area contributed by atoms with Gasteiger partial charge in [0.05, 0.1) is 104 Å². The normalized spacial score (nSPS) is 23.5. The van der Waals surface area contributed by atoms with Gasteiger partial charge in [-0.15, -0.1) is 0 Å². The highest BCUT2D eigenvalue weighted by atomic mass is 35.5. The van der Waals surface area contributed by atoms with Crippen LogP contribution in [-0.2, 0) is 37.9 Å². The molecule has 0 spiro atoms. The highest BCUT2D eigenvalue weighted by molar-refractivity contribution is 6.30. The molecule has 4 aromatic heterocycles. The molecule has 0 saturated carbocycles. The van der Waals surface area contributed by atoms with Crippen molar-refractivity contribution >= 4 is 80.9 Å². The summed E-state index contributed by atoms with van der Waals surface area (Å²) in [7, 11) is 0. The van der Waals surface area contributed by atoms with Gasteiger partial charge in [-0.05, 0) is 163 Å². The molecule has 12 aliphatic rings. The highest BCUT2D eigenvalue weighted by Crippen LogP contribution is 2.40. The lowest BCUT2D eigenvalue weighted by atomic mass is 10.1. The van der Waals surface area contributed by atoms with Gasteiger partial charge in [0.1, 0.15) is 45.2 Å². The molecule has 12 saturated heterocycles. The number of hydrogen-bond donors (Lipinski definition) is 6. The van der Waals surface area contributed by atoms with E-state index in [1.54, 1.807) is 48.5 Å². The molecule has 4 aromatic carbocycles. The van der Waals surface area contributed by atoms with Gasteiger partial charge < -0.3 is 85.3 Å². The van der Waals surface area contributed by atoms with Crippen LogP contribution >= 0.6 is 23.2 Å². The zero-order chi connectivity index (χ0) is 84.9. The van der Waals surface area contributed by atoms with Gasteiger partial charge in [0.2, 0.25) is 0 Å². The van der Waals surface area contributed by atoms with Gasteiger partial charge in [0.25, 0.3) is 17.1 Å². The van der Waals surface area contributed by atoms with E-state index in [1.807, 2.05) is 44.2 Å². The Bertz CT molecular complexity index is 4650. The Morgan fingerprint density at radius 3 is 0.926 bits per heavy atom. The van der Waals surface area contributed by atoms with Crippen LogP contribution in [0.3, 0.4) is 0 Å². The topological polar surface area (TPSA) is 416 Å². The van der Waals surface area contributed by atoms with E-state index in [9.17, 15) is 30.3 Å². The Kier molecular flexibility index (Phi) is 31.5. The van der Waals surface area contributed by atoms with Crippen LogP contribution in [0.25, 0.3) is 45.6 Å². The van der Waals surface area contributed by atoms with Crippen molar-refractivity contribution in [2.45, 2.75) is 189 Å². The first-order valence-electron chi connectivity index (χ1n) is 42.8. The smallest absolute Gasteiger partial charge is 0.269 e. The van der Waals surface area contributed by atoms with Crippen molar-refractivity contribution in [3.05, 3.63) is 162 Å². The Balaban J connectivity index is 0.000000125. The predicted molar refractivity (Wildman–Crippen MR) is 467 cm³/mol. The largest absolute Gasteiger partial charge is 0.399 e. The molecule has 0 radical (unpaired) electrons. The average molecular weight is 1720 g/mol. The molecule has 34 nitrogen and oxygen atoms in total. The standard InChI is InChI=1S/C21H25N5O4.C21H27N5O2.C16H15ClN4O3.C15H15ClN4O3.C6H11NO.C5H11NO.C2H6/c27-26(28)16-3-1-14(2-4-16)21-23-19(22-15-7-9-29-10-8-15)11-20(24-21)25-17-5-6-18(25)13-30-12-17;22-15-3-1-14(2-4-15)21-24-19(23-16-7-9-27-10-8-16)11-20(25-21)26-17-5-6-18(26)13-28-12-17;17-14-7-15(20-12-5-6-13(20)9-24-8-12)19-16(18-14)10-1-3-11(4-2-10)21(22)23;16-13-9-14(17-11-5-7-23-8-6-11)19-15(18-13)10-1-3-12(4-2-10)20(21)22;1-2-6-4-8-3-5(1)7-6;6-5-1-3-7-4-2-5;1-2/h1-4,11,15,17-18H,5-10,12-13H2,(H,22,23,24);1-4,11,16-18H,5-10,12-13,22H2,(H,23,24,25);1-4,7,12-13H,5-6,8-9H2;1-4,9,11H,5-8H2,(H,17,18,19);5-7H,1-4H2;5H,1-4,6H2;1-2H3. The SMILES string of the molecule is C1CC2COCC1N2.CC.NC1CCOCC1.Nc1ccc(-c2nc(NC3CCOCC3)cc(N3C4CCC3COC4)n2)cc1.O=[N+]([O-])c1ccc(-c2nc(Cl)cc(N3C4CCC3COC4)n2)cc1.O=[N+]([O-])c1ccc(-c2nc(Cl)cc(NC3CCOCC3)n2)cc1.O=[N+]([O-])c1ccc(-c2nc(NC3CCOCC3)cc(N3C4CCC3COC4)n2)cc1. The molecule has 8 N–H and O–H groups in total. The lowest BCUT2D eigenvalue weighted by molar-refractivity contribution is -0.385. The number of nitrogen functional groups attached to an aromatic ring is 1. The Hall–Kier alpha value is -9.82. The number of hydrogen-bond acceptors (Lipinski definition) is 31. The lowest BCUT2D eigenvalue weighted by Gasteiger charge is -2.36. The number of rotatable bonds is 16. The van der Waals surface area contributed by atoms with E-state index in [2.05, 4.69) is 62.0 Å². The number of nitrogens with one attached hydrogen (secondary N) is 4. The van der Waals surface area contributed by atoms with Gasteiger partial charge in [-0.2, -0.15) is 0 Å². The molecule has 122 heavy (non-hydrogen) atoms. The van der Waals surface area contributed by atoms with E-state index in [-0.39, 0.29) is 17.1 Å². The van der Waals surface area contributed by atoms with Gasteiger partial charge in [0.15, 0.2) is 23.3 Å². The number of anilines is 7. The second kappa shape index (κ2) is 43.5. The summed E-state index contributed by atoms with van der Waals surface area (Å²) in [6.45, 7) is 16.6. The minimum atomic E-state index is -0.444. The molecule has 652 valence electrons. The molecule has 0 aliphatic carbocycles. The fraction of sp³-hybridized carbons (Fsp3) is 0.535. The zero-order valence-corrected chi connectivity index (χ0v) is 70.5. The maximum atomic E-state index is 11.0. The van der Waals surface area contributed by atoms with E-state index in [4.69, 9.17) is 92.5 Å². The number of benzene rings is 4. The van der Waals surface area contributed by atoms with Crippen molar-refractivity contribution in [2.24, 2.45) is 5.73 Å². The minimum Gasteiger partial charge on any atom is -0.399 e. The summed E-state index contributed by atoms with van der Waals surface area (Å²) in [6.07, 6.45) is 17.1. The molecule has 16 heterocycles. The summed E-state index contributed by atoms with van der Waals surface area (Å²) < 4.78 is 43.7. The van der Waals surface area contributed by atoms with Crippen LogP contribution in [0.2, 0.25) is 10.3 Å². The molecule has 8 bridgehead atoms. The monoisotopic (exact) mass is 1720 g/mol. The van der Waals surface area contributed by atoms with Crippen molar-refractivity contribution in [3.8, 4) is 45.6 Å². The molecule has 20 rings (SSSR count). The molecule has 12 fully saturated rings. The first-order valence-corrected chi connectivity index (χ1v) is 43.5. The van der Waals surface area contributed by atoms with Crippen molar-refractivity contribution < 1.29 is 52.7 Å². The number of nitrogens with zero attached hydrogens (tertiary/aromatic N) is 14. The molecule has 36 heteroatoms. The van der Waals surface area contributed by atoms with Crippen LogP contribution in [0.5, 0.6) is 0 Å². The Morgan fingerprint density at radius 2 is 0.623 bits per heavy atom. The molecule has 12 aliphatic heterocycles.